The Morgan fingerprint density at radius 2 is 2.00 bits per heavy atom. The maximum Gasteiger partial charge on any atom is 0.444 e. The highest BCUT2D eigenvalue weighted by Crippen LogP contribution is 2.20. The van der Waals surface area contributed by atoms with Crippen molar-refractivity contribution in [2.75, 3.05) is 26.8 Å². The lowest BCUT2D eigenvalue weighted by Gasteiger charge is -2.30. The molecule has 0 aromatic rings. The van der Waals surface area contributed by atoms with Crippen molar-refractivity contribution in [3.05, 3.63) is 0 Å². The molecule has 0 fully saturated rings. The van der Waals surface area contributed by atoms with Gasteiger partial charge in [0.05, 0.1) is 13.0 Å². The van der Waals surface area contributed by atoms with Crippen molar-refractivity contribution in [1.29, 1.82) is 0 Å². The van der Waals surface area contributed by atoms with E-state index in [0.29, 0.717) is 24.7 Å². The number of carbonyl (C=O) groups excluding carboxylic acids is 2. The molecule has 0 radical (unpaired) electrons. The van der Waals surface area contributed by atoms with Crippen LogP contribution in [0.4, 0.5) is 4.79 Å². The topological polar surface area (TPSA) is 80.3 Å². The van der Waals surface area contributed by atoms with Gasteiger partial charge in [-0.2, -0.15) is 0 Å². The van der Waals surface area contributed by atoms with Gasteiger partial charge in [-0.3, -0.25) is 4.79 Å². The Hall–Kier alpha value is -1.10. The largest absolute Gasteiger partial charge is 0.466 e. The standard InChI is InChI=1S/C15H29N3O5S2/c1-6-8-11-22-13(4)18(10-9-14(19)21-7-2)25-17(5)15(20)23-16-12(3)24/h13H,6-11H2,1-5H3,(H,16,24). The quantitative estimate of drug-likeness (QED) is 0.142. The second-order valence-corrected chi connectivity index (χ2v) is 6.92. The molecule has 1 atom stereocenters. The molecule has 1 unspecified atom stereocenters. The van der Waals surface area contributed by atoms with Gasteiger partial charge in [0.2, 0.25) is 0 Å². The number of carbonyl (C=O) groups is 2. The Morgan fingerprint density at radius 1 is 1.32 bits per heavy atom. The number of hydrogen-bond acceptors (Lipinski definition) is 8. The molecule has 0 saturated heterocycles. The van der Waals surface area contributed by atoms with E-state index in [1.54, 1.807) is 25.2 Å². The number of rotatable bonds is 11. The molecule has 146 valence electrons. The first-order valence-electron chi connectivity index (χ1n) is 8.24. The average molecular weight is 396 g/mol. The van der Waals surface area contributed by atoms with E-state index >= 15 is 0 Å². The molecule has 0 bridgehead atoms. The third kappa shape index (κ3) is 12.0. The van der Waals surface area contributed by atoms with Crippen LogP contribution < -0.4 is 5.48 Å². The van der Waals surface area contributed by atoms with Gasteiger partial charge in [-0.1, -0.05) is 25.6 Å². The van der Waals surface area contributed by atoms with E-state index in [0.717, 1.165) is 25.0 Å². The lowest BCUT2D eigenvalue weighted by Crippen LogP contribution is -2.38. The van der Waals surface area contributed by atoms with Crippen LogP contribution in [-0.2, 0) is 19.1 Å². The minimum absolute atomic E-state index is 0.197. The lowest BCUT2D eigenvalue weighted by atomic mass is 10.4. The fraction of sp³-hybridized carbons (Fsp3) is 0.800. The van der Waals surface area contributed by atoms with Gasteiger partial charge in [0.25, 0.3) is 0 Å². The minimum Gasteiger partial charge on any atom is -0.466 e. The van der Waals surface area contributed by atoms with Crippen molar-refractivity contribution in [3.8, 4) is 0 Å². The summed E-state index contributed by atoms with van der Waals surface area (Å²) in [6, 6.07) is 0. The third-order valence-corrected chi connectivity index (χ3v) is 4.04. The first-order valence-corrected chi connectivity index (χ1v) is 9.38. The van der Waals surface area contributed by atoms with Gasteiger partial charge in [-0.15, -0.1) is 0 Å². The molecular weight excluding hydrogens is 366 g/mol. The highest BCUT2D eigenvalue weighted by molar-refractivity contribution is 7.95. The highest BCUT2D eigenvalue weighted by atomic mass is 32.2. The van der Waals surface area contributed by atoms with Crippen LogP contribution in [0.3, 0.4) is 0 Å². The number of nitrogens with zero attached hydrogens (tertiary/aromatic N) is 2. The van der Waals surface area contributed by atoms with Gasteiger partial charge >= 0.3 is 12.1 Å². The van der Waals surface area contributed by atoms with Crippen LogP contribution in [0.1, 0.15) is 47.0 Å². The number of hydrogen-bond donors (Lipinski definition) is 1. The van der Waals surface area contributed by atoms with Gasteiger partial charge < -0.3 is 14.3 Å². The monoisotopic (exact) mass is 395 g/mol. The molecule has 10 heteroatoms. The molecule has 1 N–H and O–H groups in total. The molecular formula is C15H29N3O5S2. The molecule has 8 nitrogen and oxygen atoms in total. The molecule has 0 aromatic carbocycles. The number of esters is 1. The fourth-order valence-electron chi connectivity index (χ4n) is 1.58. The molecule has 0 rings (SSSR count). The van der Waals surface area contributed by atoms with Crippen molar-refractivity contribution in [2.45, 2.75) is 53.2 Å². The summed E-state index contributed by atoms with van der Waals surface area (Å²) in [4.78, 5) is 28.7. The summed E-state index contributed by atoms with van der Waals surface area (Å²) in [6.45, 7) is 8.62. The summed E-state index contributed by atoms with van der Waals surface area (Å²) in [6.07, 6.45) is 1.26. The van der Waals surface area contributed by atoms with E-state index < -0.39 is 6.09 Å². The van der Waals surface area contributed by atoms with Gasteiger partial charge in [-0.05, 0) is 27.2 Å². The fourth-order valence-corrected chi connectivity index (χ4v) is 2.40. The summed E-state index contributed by atoms with van der Waals surface area (Å²) >= 11 is 5.90. The van der Waals surface area contributed by atoms with E-state index in [4.69, 9.17) is 26.5 Å². The molecule has 0 aliphatic rings. The van der Waals surface area contributed by atoms with E-state index in [9.17, 15) is 9.59 Å². The summed E-state index contributed by atoms with van der Waals surface area (Å²) in [5.74, 6) is -0.294. The number of unbranched alkanes of at least 4 members (excludes halogenated alkanes) is 1. The summed E-state index contributed by atoms with van der Waals surface area (Å²) in [7, 11) is 1.56. The number of hydroxylamine groups is 1. The Morgan fingerprint density at radius 3 is 2.56 bits per heavy atom. The molecule has 1 amide bonds. The molecule has 0 aliphatic carbocycles. The van der Waals surface area contributed by atoms with Crippen molar-refractivity contribution >= 4 is 41.4 Å². The van der Waals surface area contributed by atoms with Crippen LogP contribution in [0.15, 0.2) is 0 Å². The zero-order valence-electron chi connectivity index (χ0n) is 15.6. The first kappa shape index (κ1) is 23.9. The summed E-state index contributed by atoms with van der Waals surface area (Å²) in [5, 5.41) is 0. The Labute approximate surface area is 159 Å². The second-order valence-electron chi connectivity index (χ2n) is 5.12. The number of nitrogens with one attached hydrogen (secondary N) is 1. The number of thiocarbonyl (C=S) groups is 1. The summed E-state index contributed by atoms with van der Waals surface area (Å²) < 4.78 is 13.8. The molecule has 25 heavy (non-hydrogen) atoms. The van der Waals surface area contributed by atoms with Crippen molar-refractivity contribution in [1.82, 2.24) is 14.1 Å². The zero-order valence-corrected chi connectivity index (χ0v) is 17.2. The third-order valence-electron chi connectivity index (χ3n) is 2.87. The van der Waals surface area contributed by atoms with Crippen molar-refractivity contribution in [2.24, 2.45) is 0 Å². The molecule has 0 heterocycles. The molecule has 0 aromatic heterocycles. The summed E-state index contributed by atoms with van der Waals surface area (Å²) in [5.41, 5.74) is 2.34. The maximum absolute atomic E-state index is 11.9. The SMILES string of the molecule is CCCCOC(C)N(CCC(=O)OCC)SN(C)C(=O)ONC(C)=S. The minimum atomic E-state index is -0.615. The van der Waals surface area contributed by atoms with E-state index in [2.05, 4.69) is 12.4 Å². The van der Waals surface area contributed by atoms with Crippen LogP contribution in [0, 0.1) is 0 Å². The second kappa shape index (κ2) is 14.1. The van der Waals surface area contributed by atoms with Crippen molar-refractivity contribution in [3.63, 3.8) is 0 Å². The zero-order chi connectivity index (χ0) is 19.2. The van der Waals surface area contributed by atoms with Crippen molar-refractivity contribution < 1.29 is 23.9 Å². The van der Waals surface area contributed by atoms with Crippen LogP contribution >= 0.6 is 24.4 Å². The normalized spacial score (nSPS) is 11.8. The lowest BCUT2D eigenvalue weighted by molar-refractivity contribution is -0.143. The first-order chi connectivity index (χ1) is 11.8. The average Bonchev–Trinajstić information content (AvgIpc) is 2.56. The van der Waals surface area contributed by atoms with Gasteiger partial charge in [-0.25, -0.2) is 18.9 Å². The van der Waals surface area contributed by atoms with Gasteiger partial charge in [0, 0.05) is 32.3 Å². The smallest absolute Gasteiger partial charge is 0.444 e. The Bertz CT molecular complexity index is 426. The maximum atomic E-state index is 11.9. The predicted octanol–water partition coefficient (Wildman–Crippen LogP) is 2.89. The van der Waals surface area contributed by atoms with E-state index in [1.165, 1.54) is 4.31 Å². The van der Waals surface area contributed by atoms with E-state index in [-0.39, 0.29) is 18.6 Å². The molecule has 0 aliphatic heterocycles. The van der Waals surface area contributed by atoms with Crippen LogP contribution in [0.2, 0.25) is 0 Å². The van der Waals surface area contributed by atoms with Gasteiger partial charge in [0.15, 0.2) is 0 Å². The number of amides is 1. The van der Waals surface area contributed by atoms with Crippen LogP contribution in [0.5, 0.6) is 0 Å². The molecule has 0 spiro atoms. The molecule has 0 saturated carbocycles. The van der Waals surface area contributed by atoms with Gasteiger partial charge in [0.1, 0.15) is 11.2 Å². The number of ether oxygens (including phenoxy) is 2. The van der Waals surface area contributed by atoms with Crippen LogP contribution in [-0.4, -0.2) is 58.7 Å². The Kier molecular flexibility index (Phi) is 13.5. The Balaban J connectivity index is 4.65. The van der Waals surface area contributed by atoms with E-state index in [1.807, 2.05) is 6.92 Å². The van der Waals surface area contributed by atoms with Crippen LogP contribution in [0.25, 0.3) is 0 Å². The predicted molar refractivity (Wildman–Crippen MR) is 102 cm³/mol. The highest BCUT2D eigenvalue weighted by Gasteiger charge is 2.22.